The van der Waals surface area contributed by atoms with E-state index in [2.05, 4.69) is 20.8 Å². The SMILES string of the molecule is C[C@@H]1CC2=CC(=O)/C(=C\O)C[C@]2(C)[C@H]2CC[C@@]3(C)[C@@H](CC[C@]3(C)O)[C@H]12. The quantitative estimate of drug-likeness (QED) is 0.500. The molecule has 4 rings (SSSR count). The molecule has 0 aromatic heterocycles. The van der Waals surface area contributed by atoms with E-state index in [9.17, 15) is 15.0 Å². The number of allylic oxidation sites excluding steroid dienone is 2. The van der Waals surface area contributed by atoms with Gasteiger partial charge < -0.3 is 10.2 Å². The van der Waals surface area contributed by atoms with Crippen LogP contribution in [0.2, 0.25) is 0 Å². The van der Waals surface area contributed by atoms with Crippen LogP contribution in [-0.4, -0.2) is 21.6 Å². The summed E-state index contributed by atoms with van der Waals surface area (Å²) >= 11 is 0. The molecule has 0 aliphatic heterocycles. The minimum Gasteiger partial charge on any atom is -0.515 e. The van der Waals surface area contributed by atoms with E-state index >= 15 is 0 Å². The smallest absolute Gasteiger partial charge is 0.184 e. The molecule has 0 radical (unpaired) electrons. The van der Waals surface area contributed by atoms with Gasteiger partial charge in [0.15, 0.2) is 5.78 Å². The van der Waals surface area contributed by atoms with Gasteiger partial charge in [-0.15, -0.1) is 0 Å². The van der Waals surface area contributed by atoms with Crippen molar-refractivity contribution in [2.45, 2.75) is 71.8 Å². The van der Waals surface area contributed by atoms with Crippen molar-refractivity contribution >= 4 is 5.78 Å². The molecule has 0 amide bonds. The Kier molecular flexibility index (Phi) is 3.62. The first-order valence-corrected chi connectivity index (χ1v) is 9.95. The van der Waals surface area contributed by atoms with Crippen LogP contribution in [0, 0.1) is 34.5 Å². The number of hydrogen-bond acceptors (Lipinski definition) is 3. The number of ketones is 1. The monoisotopic (exact) mass is 344 g/mol. The predicted octanol–water partition coefficient (Wildman–Crippen LogP) is 4.57. The minimum atomic E-state index is -0.557. The Hall–Kier alpha value is -1.09. The highest BCUT2D eigenvalue weighted by atomic mass is 16.3. The van der Waals surface area contributed by atoms with E-state index in [4.69, 9.17) is 0 Å². The lowest BCUT2D eigenvalue weighted by Gasteiger charge is -2.60. The summed E-state index contributed by atoms with van der Waals surface area (Å²) in [5.41, 5.74) is 1.30. The van der Waals surface area contributed by atoms with E-state index in [1.54, 1.807) is 0 Å². The lowest BCUT2D eigenvalue weighted by molar-refractivity contribution is -0.129. The first kappa shape index (κ1) is 17.3. The first-order chi connectivity index (χ1) is 11.6. The second kappa shape index (κ2) is 5.22. The maximum absolute atomic E-state index is 12.3. The van der Waals surface area contributed by atoms with E-state index in [1.807, 2.05) is 13.0 Å². The van der Waals surface area contributed by atoms with Crippen LogP contribution in [0.5, 0.6) is 0 Å². The molecule has 3 heteroatoms. The largest absolute Gasteiger partial charge is 0.515 e. The van der Waals surface area contributed by atoms with Crippen molar-refractivity contribution in [3.63, 3.8) is 0 Å². The lowest BCUT2D eigenvalue weighted by Crippen LogP contribution is -2.56. The summed E-state index contributed by atoms with van der Waals surface area (Å²) < 4.78 is 0. The molecule has 0 bridgehead atoms. The molecule has 3 nitrogen and oxygen atoms in total. The third kappa shape index (κ3) is 2.11. The first-order valence-electron chi connectivity index (χ1n) is 9.95. The van der Waals surface area contributed by atoms with E-state index < -0.39 is 5.60 Å². The number of carbonyl (C=O) groups is 1. The fourth-order valence-corrected chi connectivity index (χ4v) is 7.24. The zero-order valence-electron chi connectivity index (χ0n) is 16.0. The summed E-state index contributed by atoms with van der Waals surface area (Å²) in [6, 6.07) is 0. The molecule has 0 spiro atoms. The third-order valence-electron chi connectivity index (χ3n) is 8.98. The standard InChI is InChI=1S/C22H32O3/c1-13-9-15-10-18(24)14(12-23)11-20(15,2)16-5-7-21(3)17(19(13)16)6-8-22(21,4)25/h10,12-13,16-17,19,23,25H,5-9,11H2,1-4H3/b14-12-/t13-,16+,17+,19-,20+,21+,22+/m1/s1. The number of aliphatic hydroxyl groups excluding tert-OH is 1. The van der Waals surface area contributed by atoms with Crippen molar-refractivity contribution in [3.8, 4) is 0 Å². The van der Waals surface area contributed by atoms with Gasteiger partial charge in [-0.05, 0) is 86.0 Å². The second-order valence-electron chi connectivity index (χ2n) is 10.0. The summed E-state index contributed by atoms with van der Waals surface area (Å²) in [5, 5.41) is 20.6. The number of aliphatic hydroxyl groups is 2. The molecule has 0 heterocycles. The number of hydrogen-bond donors (Lipinski definition) is 2. The summed E-state index contributed by atoms with van der Waals surface area (Å²) in [4.78, 5) is 12.3. The lowest BCUT2D eigenvalue weighted by atomic mass is 9.44. The van der Waals surface area contributed by atoms with Gasteiger partial charge in [0.2, 0.25) is 0 Å². The van der Waals surface area contributed by atoms with Crippen molar-refractivity contribution in [1.29, 1.82) is 0 Å². The Labute approximate surface area is 151 Å². The van der Waals surface area contributed by atoms with Crippen LogP contribution in [0.1, 0.15) is 66.2 Å². The molecule has 0 aromatic carbocycles. The fraction of sp³-hybridized carbons (Fsp3) is 0.773. The van der Waals surface area contributed by atoms with Gasteiger partial charge in [-0.1, -0.05) is 26.3 Å². The van der Waals surface area contributed by atoms with Crippen LogP contribution < -0.4 is 0 Å². The Morgan fingerprint density at radius 3 is 2.52 bits per heavy atom. The molecular weight excluding hydrogens is 312 g/mol. The zero-order chi connectivity index (χ0) is 18.2. The van der Waals surface area contributed by atoms with Crippen molar-refractivity contribution < 1.29 is 15.0 Å². The second-order valence-corrected chi connectivity index (χ2v) is 10.0. The van der Waals surface area contributed by atoms with E-state index in [0.29, 0.717) is 35.7 Å². The number of fused-ring (bicyclic) bond motifs is 5. The van der Waals surface area contributed by atoms with Gasteiger partial charge in [0.1, 0.15) is 0 Å². The van der Waals surface area contributed by atoms with E-state index in [0.717, 1.165) is 38.4 Å². The molecule has 138 valence electrons. The van der Waals surface area contributed by atoms with Crippen molar-refractivity contribution in [3.05, 3.63) is 23.5 Å². The van der Waals surface area contributed by atoms with Crippen LogP contribution in [0.25, 0.3) is 0 Å². The molecule has 4 aliphatic rings. The van der Waals surface area contributed by atoms with Crippen LogP contribution in [0.15, 0.2) is 23.5 Å². The predicted molar refractivity (Wildman–Crippen MR) is 98.0 cm³/mol. The minimum absolute atomic E-state index is 0.00919. The van der Waals surface area contributed by atoms with Crippen molar-refractivity contribution in [1.82, 2.24) is 0 Å². The van der Waals surface area contributed by atoms with Gasteiger partial charge in [0.05, 0.1) is 11.9 Å². The molecule has 0 unspecified atom stereocenters. The number of carbonyl (C=O) groups excluding carboxylic acids is 1. The summed E-state index contributed by atoms with van der Waals surface area (Å²) in [6.45, 7) is 9.01. The highest BCUT2D eigenvalue weighted by Gasteiger charge is 2.63. The highest BCUT2D eigenvalue weighted by molar-refractivity contribution is 6.05. The van der Waals surface area contributed by atoms with Crippen LogP contribution in [0.4, 0.5) is 0 Å². The van der Waals surface area contributed by atoms with E-state index in [-0.39, 0.29) is 16.6 Å². The molecule has 7 atom stereocenters. The molecule has 2 N–H and O–H groups in total. The molecular formula is C22H32O3. The molecule has 4 aliphatic carbocycles. The van der Waals surface area contributed by atoms with Gasteiger partial charge in [0.25, 0.3) is 0 Å². The summed E-state index contributed by atoms with van der Waals surface area (Å²) in [7, 11) is 0. The van der Waals surface area contributed by atoms with Gasteiger partial charge in [0, 0.05) is 5.57 Å². The average molecular weight is 344 g/mol. The summed E-state index contributed by atoms with van der Waals surface area (Å²) in [5.74, 6) is 2.25. The van der Waals surface area contributed by atoms with Crippen LogP contribution >= 0.6 is 0 Å². The molecule has 3 saturated carbocycles. The maximum Gasteiger partial charge on any atom is 0.184 e. The van der Waals surface area contributed by atoms with Gasteiger partial charge in [-0.25, -0.2) is 0 Å². The van der Waals surface area contributed by atoms with Crippen molar-refractivity contribution in [2.75, 3.05) is 0 Å². The molecule has 0 saturated heterocycles. The Balaban J connectivity index is 1.76. The maximum atomic E-state index is 12.3. The van der Waals surface area contributed by atoms with E-state index in [1.165, 1.54) is 5.57 Å². The van der Waals surface area contributed by atoms with Gasteiger partial charge >= 0.3 is 0 Å². The number of rotatable bonds is 0. The Morgan fingerprint density at radius 1 is 1.16 bits per heavy atom. The van der Waals surface area contributed by atoms with Gasteiger partial charge in [-0.2, -0.15) is 0 Å². The topological polar surface area (TPSA) is 57.5 Å². The molecule has 3 fully saturated rings. The molecule has 0 aromatic rings. The fourth-order valence-electron chi connectivity index (χ4n) is 7.24. The van der Waals surface area contributed by atoms with Gasteiger partial charge in [-0.3, -0.25) is 4.79 Å². The summed E-state index contributed by atoms with van der Waals surface area (Å²) in [6.07, 6.45) is 8.69. The Bertz CT molecular complexity index is 673. The van der Waals surface area contributed by atoms with Crippen molar-refractivity contribution in [2.24, 2.45) is 34.5 Å². The third-order valence-corrected chi connectivity index (χ3v) is 8.98. The van der Waals surface area contributed by atoms with Crippen LogP contribution in [-0.2, 0) is 4.79 Å². The zero-order valence-corrected chi connectivity index (χ0v) is 16.0. The normalized spacial score (nSPS) is 53.9. The molecule has 25 heavy (non-hydrogen) atoms. The average Bonchev–Trinajstić information content (AvgIpc) is 2.79. The highest BCUT2D eigenvalue weighted by Crippen LogP contribution is 2.68. The van der Waals surface area contributed by atoms with Crippen LogP contribution in [0.3, 0.4) is 0 Å². The Morgan fingerprint density at radius 2 is 1.84 bits per heavy atom.